The van der Waals surface area contributed by atoms with Crippen LogP contribution in [0.5, 0.6) is 0 Å². The van der Waals surface area contributed by atoms with Gasteiger partial charge >= 0.3 is 0 Å². The van der Waals surface area contributed by atoms with E-state index in [-0.39, 0.29) is 11.8 Å². The summed E-state index contributed by atoms with van der Waals surface area (Å²) in [6.07, 6.45) is 4.64. The quantitative estimate of drug-likeness (QED) is 0.760. The van der Waals surface area contributed by atoms with Crippen LogP contribution in [0.15, 0.2) is 48.7 Å². The van der Waals surface area contributed by atoms with Crippen molar-refractivity contribution in [2.24, 2.45) is 0 Å². The highest BCUT2D eigenvalue weighted by molar-refractivity contribution is 7.98. The molecule has 1 unspecified atom stereocenters. The molecule has 6 heteroatoms. The summed E-state index contributed by atoms with van der Waals surface area (Å²) in [5.74, 6) is 0.900. The van der Waals surface area contributed by atoms with E-state index in [0.29, 0.717) is 18.7 Å². The van der Waals surface area contributed by atoms with Gasteiger partial charge in [0.1, 0.15) is 11.9 Å². The Morgan fingerprint density at radius 3 is 2.48 bits per heavy atom. The molecule has 0 saturated heterocycles. The molecule has 0 radical (unpaired) electrons. The minimum absolute atomic E-state index is 0.131. The molecule has 0 spiro atoms. The zero-order chi connectivity index (χ0) is 18.1. The van der Waals surface area contributed by atoms with Crippen molar-refractivity contribution in [3.63, 3.8) is 0 Å². The number of benzene rings is 1. The SMILES string of the molecule is CCC(=O)NC(CCSC)C(=O)Nc1ccc(-c2ccccc2)cn1. The minimum atomic E-state index is -0.546. The maximum absolute atomic E-state index is 12.4. The van der Waals surface area contributed by atoms with Crippen molar-refractivity contribution in [2.45, 2.75) is 25.8 Å². The van der Waals surface area contributed by atoms with Crippen LogP contribution < -0.4 is 10.6 Å². The van der Waals surface area contributed by atoms with E-state index >= 15 is 0 Å². The van der Waals surface area contributed by atoms with Gasteiger partial charge in [-0.15, -0.1) is 0 Å². The van der Waals surface area contributed by atoms with Gasteiger partial charge in [0.25, 0.3) is 0 Å². The van der Waals surface area contributed by atoms with Gasteiger partial charge in [0, 0.05) is 18.2 Å². The molecule has 0 bridgehead atoms. The summed E-state index contributed by atoms with van der Waals surface area (Å²) in [5.41, 5.74) is 2.05. The number of carbonyl (C=O) groups excluding carboxylic acids is 2. The van der Waals surface area contributed by atoms with E-state index in [2.05, 4.69) is 15.6 Å². The zero-order valence-electron chi connectivity index (χ0n) is 14.5. The fourth-order valence-electron chi connectivity index (χ4n) is 2.28. The summed E-state index contributed by atoms with van der Waals surface area (Å²) in [6.45, 7) is 1.77. The summed E-state index contributed by atoms with van der Waals surface area (Å²) < 4.78 is 0. The lowest BCUT2D eigenvalue weighted by Gasteiger charge is -2.17. The Labute approximate surface area is 152 Å². The lowest BCUT2D eigenvalue weighted by Crippen LogP contribution is -2.44. The standard InChI is InChI=1S/C19H23N3O2S/c1-3-18(23)21-16(11-12-25-2)19(24)22-17-10-9-15(13-20-17)14-7-5-4-6-8-14/h4-10,13,16H,3,11-12H2,1-2H3,(H,21,23)(H,20,22,24). The molecule has 5 nitrogen and oxygen atoms in total. The maximum Gasteiger partial charge on any atom is 0.248 e. The predicted molar refractivity (Wildman–Crippen MR) is 104 cm³/mol. The van der Waals surface area contributed by atoms with E-state index in [1.165, 1.54) is 0 Å². The molecule has 1 aromatic heterocycles. The summed E-state index contributed by atoms with van der Waals surface area (Å²) >= 11 is 1.64. The van der Waals surface area contributed by atoms with Gasteiger partial charge in [-0.1, -0.05) is 37.3 Å². The predicted octanol–water partition coefficient (Wildman–Crippen LogP) is 3.34. The Morgan fingerprint density at radius 1 is 1.12 bits per heavy atom. The lowest BCUT2D eigenvalue weighted by molar-refractivity contribution is -0.126. The molecule has 0 saturated carbocycles. The summed E-state index contributed by atoms with van der Waals surface area (Å²) in [6, 6.07) is 13.1. The van der Waals surface area contributed by atoms with Crippen LogP contribution in [0.3, 0.4) is 0 Å². The van der Waals surface area contributed by atoms with Crippen LogP contribution >= 0.6 is 11.8 Å². The highest BCUT2D eigenvalue weighted by atomic mass is 32.2. The number of nitrogens with zero attached hydrogens (tertiary/aromatic N) is 1. The molecule has 1 heterocycles. The number of amides is 2. The number of rotatable bonds is 8. The van der Waals surface area contributed by atoms with E-state index in [1.54, 1.807) is 30.9 Å². The number of thioether (sulfide) groups is 1. The number of hydrogen-bond donors (Lipinski definition) is 2. The molecule has 2 amide bonds. The first-order chi connectivity index (χ1) is 12.1. The fourth-order valence-corrected chi connectivity index (χ4v) is 2.75. The Morgan fingerprint density at radius 2 is 1.88 bits per heavy atom. The highest BCUT2D eigenvalue weighted by Crippen LogP contribution is 2.19. The first-order valence-electron chi connectivity index (χ1n) is 8.24. The van der Waals surface area contributed by atoms with Gasteiger partial charge < -0.3 is 10.6 Å². The van der Waals surface area contributed by atoms with Gasteiger partial charge in [0.05, 0.1) is 0 Å². The first-order valence-corrected chi connectivity index (χ1v) is 9.64. The number of carbonyl (C=O) groups is 2. The number of anilines is 1. The van der Waals surface area contributed by atoms with Gasteiger partial charge in [-0.2, -0.15) is 11.8 Å². The monoisotopic (exact) mass is 357 g/mol. The molecule has 2 aromatic rings. The first kappa shape index (κ1) is 19.0. The van der Waals surface area contributed by atoms with Crippen LogP contribution in [0.2, 0.25) is 0 Å². The largest absolute Gasteiger partial charge is 0.344 e. The molecular weight excluding hydrogens is 334 g/mol. The Hall–Kier alpha value is -2.34. The lowest BCUT2D eigenvalue weighted by atomic mass is 10.1. The van der Waals surface area contributed by atoms with E-state index in [0.717, 1.165) is 16.9 Å². The molecule has 1 aromatic carbocycles. The average Bonchev–Trinajstić information content (AvgIpc) is 2.66. The van der Waals surface area contributed by atoms with E-state index < -0.39 is 6.04 Å². The van der Waals surface area contributed by atoms with Crippen LogP contribution in [-0.2, 0) is 9.59 Å². The zero-order valence-corrected chi connectivity index (χ0v) is 15.3. The Balaban J connectivity index is 2.03. The maximum atomic E-state index is 12.4. The molecule has 0 aliphatic rings. The average molecular weight is 357 g/mol. The van der Waals surface area contributed by atoms with Gasteiger partial charge in [0.15, 0.2) is 0 Å². The van der Waals surface area contributed by atoms with Crippen LogP contribution in [0.4, 0.5) is 5.82 Å². The van der Waals surface area contributed by atoms with E-state index in [4.69, 9.17) is 0 Å². The topological polar surface area (TPSA) is 71.1 Å². The van der Waals surface area contributed by atoms with Crippen LogP contribution in [0.25, 0.3) is 11.1 Å². The van der Waals surface area contributed by atoms with Gasteiger partial charge in [-0.25, -0.2) is 4.98 Å². The van der Waals surface area contributed by atoms with E-state index in [1.807, 2.05) is 42.7 Å². The van der Waals surface area contributed by atoms with Gasteiger partial charge in [-0.3, -0.25) is 9.59 Å². The van der Waals surface area contributed by atoms with Crippen LogP contribution in [0, 0.1) is 0 Å². The Kier molecular flexibility index (Phi) is 7.47. The number of aromatic nitrogens is 1. The van der Waals surface area contributed by atoms with Crippen LogP contribution in [0.1, 0.15) is 19.8 Å². The van der Waals surface area contributed by atoms with Crippen molar-refractivity contribution in [3.8, 4) is 11.1 Å². The summed E-state index contributed by atoms with van der Waals surface area (Å²) in [7, 11) is 0. The Bertz CT molecular complexity index is 690. The second-order valence-electron chi connectivity index (χ2n) is 5.54. The number of nitrogens with one attached hydrogen (secondary N) is 2. The minimum Gasteiger partial charge on any atom is -0.344 e. The molecule has 25 heavy (non-hydrogen) atoms. The van der Waals surface area contributed by atoms with Crippen molar-refractivity contribution >= 4 is 29.4 Å². The van der Waals surface area contributed by atoms with E-state index in [9.17, 15) is 9.59 Å². The molecule has 0 aliphatic heterocycles. The molecular formula is C19H23N3O2S. The summed E-state index contributed by atoms with van der Waals surface area (Å²) in [4.78, 5) is 28.4. The number of hydrogen-bond acceptors (Lipinski definition) is 4. The molecule has 1 atom stereocenters. The molecule has 2 rings (SSSR count). The smallest absolute Gasteiger partial charge is 0.248 e. The molecule has 0 aliphatic carbocycles. The fraction of sp³-hybridized carbons (Fsp3) is 0.316. The van der Waals surface area contributed by atoms with Crippen molar-refractivity contribution in [1.82, 2.24) is 10.3 Å². The second kappa shape index (κ2) is 9.84. The molecule has 132 valence electrons. The van der Waals surface area contributed by atoms with Crippen molar-refractivity contribution in [1.29, 1.82) is 0 Å². The normalized spacial score (nSPS) is 11.6. The third-order valence-corrected chi connectivity index (χ3v) is 4.35. The van der Waals surface area contributed by atoms with Crippen LogP contribution in [-0.4, -0.2) is 34.8 Å². The van der Waals surface area contributed by atoms with Crippen molar-refractivity contribution in [3.05, 3.63) is 48.7 Å². The second-order valence-corrected chi connectivity index (χ2v) is 6.53. The summed E-state index contributed by atoms with van der Waals surface area (Å²) in [5, 5.41) is 5.55. The highest BCUT2D eigenvalue weighted by Gasteiger charge is 2.20. The van der Waals surface area contributed by atoms with Gasteiger partial charge in [0.2, 0.25) is 11.8 Å². The molecule has 0 fully saturated rings. The van der Waals surface area contributed by atoms with Crippen molar-refractivity contribution in [2.75, 3.05) is 17.3 Å². The van der Waals surface area contributed by atoms with Crippen molar-refractivity contribution < 1.29 is 9.59 Å². The third-order valence-electron chi connectivity index (χ3n) is 3.71. The molecule has 2 N–H and O–H groups in total. The third kappa shape index (κ3) is 5.90. The number of pyridine rings is 1. The van der Waals surface area contributed by atoms with Gasteiger partial charge in [-0.05, 0) is 36.1 Å².